The zero-order valence-electron chi connectivity index (χ0n) is 19.0. The number of hydrogen-bond acceptors (Lipinski definition) is 3. The van der Waals surface area contributed by atoms with E-state index in [-0.39, 0.29) is 29.9 Å². The molecule has 34 heavy (non-hydrogen) atoms. The van der Waals surface area contributed by atoms with Crippen LogP contribution in [0.4, 0.5) is 4.39 Å². The molecular weight excluding hydrogens is 471 g/mol. The third kappa shape index (κ3) is 7.61. The molecule has 0 saturated carbocycles. The Kier molecular flexibility index (Phi) is 9.98. The van der Waals surface area contributed by atoms with Crippen molar-refractivity contribution < 1.29 is 14.0 Å². The normalized spacial score (nSPS) is 11.6. The SMILES string of the molecule is CCNC(=O)C(Cc1ccccc1)N(Cc1cccc(Cl)c1)C(=O)CSCc1ccccc1F. The van der Waals surface area contributed by atoms with Crippen LogP contribution >= 0.6 is 23.4 Å². The van der Waals surface area contributed by atoms with Crippen LogP contribution in [-0.2, 0) is 28.3 Å². The Hall–Kier alpha value is -2.83. The first-order valence-electron chi connectivity index (χ1n) is 11.1. The Labute approximate surface area is 209 Å². The molecule has 3 rings (SSSR count). The average molecular weight is 499 g/mol. The van der Waals surface area contributed by atoms with Crippen LogP contribution in [0.3, 0.4) is 0 Å². The number of nitrogens with zero attached hydrogens (tertiary/aromatic N) is 1. The number of carbonyl (C=O) groups excluding carboxylic acids is 2. The quantitative estimate of drug-likeness (QED) is 0.380. The zero-order valence-corrected chi connectivity index (χ0v) is 20.6. The van der Waals surface area contributed by atoms with Crippen LogP contribution in [0.2, 0.25) is 5.02 Å². The van der Waals surface area contributed by atoms with Crippen LogP contribution in [0, 0.1) is 5.82 Å². The van der Waals surface area contributed by atoms with Gasteiger partial charge in [0.25, 0.3) is 0 Å². The third-order valence-electron chi connectivity index (χ3n) is 5.30. The van der Waals surface area contributed by atoms with Crippen molar-refractivity contribution in [3.63, 3.8) is 0 Å². The van der Waals surface area contributed by atoms with Gasteiger partial charge in [0.05, 0.1) is 5.75 Å². The zero-order chi connectivity index (χ0) is 24.3. The van der Waals surface area contributed by atoms with E-state index in [1.165, 1.54) is 17.8 Å². The summed E-state index contributed by atoms with van der Waals surface area (Å²) in [6, 6.07) is 22.8. The van der Waals surface area contributed by atoms with Gasteiger partial charge in [-0.25, -0.2) is 4.39 Å². The largest absolute Gasteiger partial charge is 0.355 e. The van der Waals surface area contributed by atoms with Gasteiger partial charge < -0.3 is 10.2 Å². The van der Waals surface area contributed by atoms with E-state index < -0.39 is 6.04 Å². The predicted molar refractivity (Wildman–Crippen MR) is 137 cm³/mol. The Balaban J connectivity index is 1.83. The molecule has 4 nitrogen and oxygen atoms in total. The molecule has 1 atom stereocenters. The maximum Gasteiger partial charge on any atom is 0.243 e. The number of thioether (sulfide) groups is 1. The minimum atomic E-state index is -0.692. The van der Waals surface area contributed by atoms with Gasteiger partial charge in [0.15, 0.2) is 0 Å². The lowest BCUT2D eigenvalue weighted by atomic mass is 10.0. The summed E-state index contributed by atoms with van der Waals surface area (Å²) < 4.78 is 14.0. The van der Waals surface area contributed by atoms with Crippen molar-refractivity contribution in [1.29, 1.82) is 0 Å². The molecule has 0 aliphatic heterocycles. The van der Waals surface area contributed by atoms with E-state index in [1.54, 1.807) is 35.2 Å². The summed E-state index contributed by atoms with van der Waals surface area (Å²) in [5.74, 6) is -0.190. The van der Waals surface area contributed by atoms with Gasteiger partial charge in [-0.1, -0.05) is 72.3 Å². The van der Waals surface area contributed by atoms with Crippen molar-refractivity contribution in [2.45, 2.75) is 31.7 Å². The fraction of sp³-hybridized carbons (Fsp3) is 0.259. The number of carbonyl (C=O) groups is 2. The molecule has 0 aliphatic carbocycles. The molecule has 0 aromatic heterocycles. The Morgan fingerprint density at radius 1 is 1.00 bits per heavy atom. The van der Waals surface area contributed by atoms with Gasteiger partial charge >= 0.3 is 0 Å². The van der Waals surface area contributed by atoms with E-state index in [0.29, 0.717) is 29.3 Å². The number of nitrogens with one attached hydrogen (secondary N) is 1. The van der Waals surface area contributed by atoms with E-state index in [9.17, 15) is 14.0 Å². The van der Waals surface area contributed by atoms with Gasteiger partial charge in [0, 0.05) is 30.3 Å². The molecular formula is C27H28ClFN2O2S. The monoisotopic (exact) mass is 498 g/mol. The number of amides is 2. The summed E-state index contributed by atoms with van der Waals surface area (Å²) in [6.07, 6.45) is 0.386. The van der Waals surface area contributed by atoms with Crippen molar-refractivity contribution in [3.05, 3.63) is 106 Å². The molecule has 0 heterocycles. The van der Waals surface area contributed by atoms with Gasteiger partial charge in [0.2, 0.25) is 11.8 Å². The molecule has 2 amide bonds. The molecule has 3 aromatic carbocycles. The number of likely N-dealkylation sites (N-methyl/N-ethyl adjacent to an activating group) is 1. The molecule has 1 N–H and O–H groups in total. The molecule has 0 aliphatic rings. The van der Waals surface area contributed by atoms with E-state index >= 15 is 0 Å². The average Bonchev–Trinajstić information content (AvgIpc) is 2.83. The summed E-state index contributed by atoms with van der Waals surface area (Å²) in [4.78, 5) is 28.2. The Bertz CT molecular complexity index is 1100. The second kappa shape index (κ2) is 13.2. The molecule has 178 valence electrons. The van der Waals surface area contributed by atoms with Gasteiger partial charge in [-0.15, -0.1) is 11.8 Å². The number of hydrogen-bond donors (Lipinski definition) is 1. The molecule has 0 saturated heterocycles. The number of rotatable bonds is 11. The summed E-state index contributed by atoms with van der Waals surface area (Å²) in [5.41, 5.74) is 2.34. The van der Waals surface area contributed by atoms with Crippen molar-refractivity contribution >= 4 is 35.2 Å². The van der Waals surface area contributed by atoms with E-state index in [0.717, 1.165) is 11.1 Å². The van der Waals surface area contributed by atoms with Crippen LogP contribution in [-0.4, -0.2) is 35.1 Å². The molecule has 0 radical (unpaired) electrons. The summed E-state index contributed by atoms with van der Waals surface area (Å²) >= 11 is 7.50. The van der Waals surface area contributed by atoms with Crippen LogP contribution in [0.15, 0.2) is 78.9 Å². The molecule has 7 heteroatoms. The first-order chi connectivity index (χ1) is 16.5. The Morgan fingerprint density at radius 3 is 2.41 bits per heavy atom. The predicted octanol–water partition coefficient (Wildman–Crippen LogP) is 5.49. The molecule has 0 bridgehead atoms. The maximum atomic E-state index is 14.0. The lowest BCUT2D eigenvalue weighted by Gasteiger charge is -2.31. The fourth-order valence-corrected chi connectivity index (χ4v) is 4.73. The van der Waals surface area contributed by atoms with Crippen molar-refractivity contribution in [2.24, 2.45) is 0 Å². The van der Waals surface area contributed by atoms with Crippen molar-refractivity contribution in [3.8, 4) is 0 Å². The molecule has 0 fully saturated rings. The summed E-state index contributed by atoms with van der Waals surface area (Å²) in [6.45, 7) is 2.56. The minimum absolute atomic E-state index is 0.125. The third-order valence-corrected chi connectivity index (χ3v) is 6.51. The van der Waals surface area contributed by atoms with Crippen molar-refractivity contribution in [2.75, 3.05) is 12.3 Å². The topological polar surface area (TPSA) is 49.4 Å². The van der Waals surface area contributed by atoms with Gasteiger partial charge in [0.1, 0.15) is 11.9 Å². The van der Waals surface area contributed by atoms with Crippen LogP contribution in [0.25, 0.3) is 0 Å². The second-order valence-electron chi connectivity index (χ2n) is 7.84. The lowest BCUT2D eigenvalue weighted by molar-refractivity contribution is -0.139. The highest BCUT2D eigenvalue weighted by molar-refractivity contribution is 7.99. The molecule has 1 unspecified atom stereocenters. The number of halogens is 2. The van der Waals surface area contributed by atoms with Crippen LogP contribution in [0.5, 0.6) is 0 Å². The summed E-state index contributed by atoms with van der Waals surface area (Å²) in [5, 5.41) is 3.44. The first kappa shape index (κ1) is 25.8. The highest BCUT2D eigenvalue weighted by atomic mass is 35.5. The van der Waals surface area contributed by atoms with E-state index in [4.69, 9.17) is 11.6 Å². The van der Waals surface area contributed by atoms with Gasteiger partial charge in [-0.2, -0.15) is 0 Å². The number of benzene rings is 3. The standard InChI is InChI=1S/C27H28ClFN2O2S/c1-2-30-27(33)25(16-20-9-4-3-5-10-20)31(17-21-11-8-13-23(28)15-21)26(32)19-34-18-22-12-6-7-14-24(22)29/h3-15,25H,2,16-19H2,1H3,(H,30,33). The van der Waals surface area contributed by atoms with Crippen LogP contribution < -0.4 is 5.32 Å². The van der Waals surface area contributed by atoms with E-state index in [2.05, 4.69) is 5.32 Å². The fourth-order valence-electron chi connectivity index (χ4n) is 3.62. The lowest BCUT2D eigenvalue weighted by Crippen LogP contribution is -2.51. The molecule has 3 aromatic rings. The Morgan fingerprint density at radius 2 is 1.71 bits per heavy atom. The molecule has 0 spiro atoms. The van der Waals surface area contributed by atoms with Gasteiger partial charge in [-0.3, -0.25) is 9.59 Å². The smallest absolute Gasteiger partial charge is 0.243 e. The minimum Gasteiger partial charge on any atom is -0.355 e. The van der Waals surface area contributed by atoms with Crippen molar-refractivity contribution in [1.82, 2.24) is 10.2 Å². The van der Waals surface area contributed by atoms with E-state index in [1.807, 2.05) is 49.4 Å². The highest BCUT2D eigenvalue weighted by Gasteiger charge is 2.30. The summed E-state index contributed by atoms with van der Waals surface area (Å²) in [7, 11) is 0. The first-order valence-corrected chi connectivity index (χ1v) is 12.7. The van der Waals surface area contributed by atoms with Gasteiger partial charge in [-0.05, 0) is 41.8 Å². The highest BCUT2D eigenvalue weighted by Crippen LogP contribution is 2.20. The maximum absolute atomic E-state index is 14.0. The second-order valence-corrected chi connectivity index (χ2v) is 9.26. The van der Waals surface area contributed by atoms with Crippen LogP contribution in [0.1, 0.15) is 23.6 Å².